The fourth-order valence-corrected chi connectivity index (χ4v) is 2.56. The van der Waals surface area contributed by atoms with Crippen LogP contribution in [-0.2, 0) is 11.3 Å². The number of hydrogen-bond acceptors (Lipinski definition) is 3. The second-order valence-corrected chi connectivity index (χ2v) is 5.72. The van der Waals surface area contributed by atoms with Gasteiger partial charge >= 0.3 is 0 Å². The Labute approximate surface area is 146 Å². The summed E-state index contributed by atoms with van der Waals surface area (Å²) in [6.45, 7) is 2.73. The van der Waals surface area contributed by atoms with Crippen molar-refractivity contribution >= 4 is 12.0 Å². The van der Waals surface area contributed by atoms with Gasteiger partial charge in [-0.2, -0.15) is 0 Å². The molecule has 1 amide bonds. The van der Waals surface area contributed by atoms with Gasteiger partial charge in [0.05, 0.1) is 5.69 Å². The Kier molecular flexibility index (Phi) is 5.06. The number of hydrogen-bond donors (Lipinski definition) is 2. The van der Waals surface area contributed by atoms with Crippen LogP contribution in [0.15, 0.2) is 66.9 Å². The Morgan fingerprint density at radius 2 is 1.88 bits per heavy atom. The van der Waals surface area contributed by atoms with Crippen LogP contribution in [0.4, 0.5) is 0 Å². The quantitative estimate of drug-likeness (QED) is 0.427. The number of imidazole rings is 1. The van der Waals surface area contributed by atoms with Crippen molar-refractivity contribution in [2.45, 2.75) is 13.5 Å². The average molecular weight is 333 g/mol. The molecular formula is C20H19N3O2. The minimum absolute atomic E-state index is 0.549. The summed E-state index contributed by atoms with van der Waals surface area (Å²) in [5.41, 5.74) is 5.67. The highest BCUT2D eigenvalue weighted by Gasteiger charge is 2.06. The fraction of sp³-hybridized carbons (Fsp3) is 0.100. The number of benzene rings is 2. The van der Waals surface area contributed by atoms with Crippen molar-refractivity contribution in [2.75, 3.05) is 0 Å². The number of aryl methyl sites for hydroxylation is 1. The number of aromatic nitrogens is 2. The van der Waals surface area contributed by atoms with Gasteiger partial charge in [-0.15, -0.1) is 0 Å². The van der Waals surface area contributed by atoms with E-state index in [4.69, 9.17) is 5.21 Å². The predicted molar refractivity (Wildman–Crippen MR) is 96.9 cm³/mol. The van der Waals surface area contributed by atoms with Crippen molar-refractivity contribution in [3.05, 3.63) is 83.8 Å². The molecule has 0 aliphatic carbocycles. The van der Waals surface area contributed by atoms with Crippen molar-refractivity contribution in [3.63, 3.8) is 0 Å². The first kappa shape index (κ1) is 16.7. The van der Waals surface area contributed by atoms with Crippen LogP contribution in [0.25, 0.3) is 17.3 Å². The molecule has 3 rings (SSSR count). The molecule has 0 bridgehead atoms. The zero-order chi connectivity index (χ0) is 17.6. The summed E-state index contributed by atoms with van der Waals surface area (Å²) in [4.78, 5) is 15.6. The van der Waals surface area contributed by atoms with Crippen LogP contribution in [0, 0.1) is 6.92 Å². The third-order valence-electron chi connectivity index (χ3n) is 3.92. The van der Waals surface area contributed by atoms with Gasteiger partial charge in [-0.1, -0.05) is 54.6 Å². The predicted octanol–water partition coefficient (Wildman–Crippen LogP) is 3.43. The second kappa shape index (κ2) is 7.59. The summed E-state index contributed by atoms with van der Waals surface area (Å²) >= 11 is 0. The molecule has 0 aliphatic rings. The summed E-state index contributed by atoms with van der Waals surface area (Å²) in [5.74, 6) is 0.411. The molecular weight excluding hydrogens is 314 g/mol. The minimum Gasteiger partial charge on any atom is -0.330 e. The van der Waals surface area contributed by atoms with E-state index in [0.29, 0.717) is 0 Å². The normalized spacial score (nSPS) is 11.0. The number of rotatable bonds is 5. The van der Waals surface area contributed by atoms with Crippen LogP contribution >= 0.6 is 0 Å². The molecule has 126 valence electrons. The lowest BCUT2D eigenvalue weighted by atomic mass is 10.1. The van der Waals surface area contributed by atoms with E-state index in [-0.39, 0.29) is 0 Å². The van der Waals surface area contributed by atoms with Crippen molar-refractivity contribution in [2.24, 2.45) is 0 Å². The number of hydroxylamine groups is 1. The van der Waals surface area contributed by atoms with Gasteiger partial charge in [0.25, 0.3) is 5.91 Å². The number of carbonyl (C=O) groups excluding carboxylic acids is 1. The standard InChI is InChI=1S/C20H19N3O2/c1-15-21-19(18-5-3-2-4-6-18)14-23(15)13-17-9-7-16(8-10-17)11-12-20(24)22-25/h2-12,14,25H,13H2,1H3,(H,22,24). The maximum atomic E-state index is 11.0. The molecule has 0 saturated heterocycles. The number of carbonyl (C=O) groups is 1. The molecule has 5 heteroatoms. The van der Waals surface area contributed by atoms with Gasteiger partial charge in [-0.25, -0.2) is 10.5 Å². The zero-order valence-electron chi connectivity index (χ0n) is 13.9. The Morgan fingerprint density at radius 1 is 1.16 bits per heavy atom. The van der Waals surface area contributed by atoms with Crippen LogP contribution in [0.5, 0.6) is 0 Å². The Balaban J connectivity index is 1.73. The van der Waals surface area contributed by atoms with E-state index in [1.54, 1.807) is 11.6 Å². The van der Waals surface area contributed by atoms with E-state index in [1.807, 2.05) is 49.4 Å². The minimum atomic E-state index is -0.549. The molecule has 0 radical (unpaired) electrons. The molecule has 2 N–H and O–H groups in total. The van der Waals surface area contributed by atoms with Gasteiger partial charge in [-0.05, 0) is 24.1 Å². The monoisotopic (exact) mass is 333 g/mol. The van der Waals surface area contributed by atoms with Crippen molar-refractivity contribution in [1.82, 2.24) is 15.0 Å². The molecule has 5 nitrogen and oxygen atoms in total. The smallest absolute Gasteiger partial charge is 0.267 e. The molecule has 0 unspecified atom stereocenters. The number of nitrogens with zero attached hydrogens (tertiary/aromatic N) is 2. The number of amides is 1. The average Bonchev–Trinajstić information content (AvgIpc) is 3.02. The van der Waals surface area contributed by atoms with E-state index >= 15 is 0 Å². The fourth-order valence-electron chi connectivity index (χ4n) is 2.56. The summed E-state index contributed by atoms with van der Waals surface area (Å²) in [5, 5.41) is 8.47. The van der Waals surface area contributed by atoms with Gasteiger partial charge in [0.15, 0.2) is 0 Å². The van der Waals surface area contributed by atoms with E-state index in [1.165, 1.54) is 6.08 Å². The lowest BCUT2D eigenvalue weighted by Gasteiger charge is -2.05. The number of nitrogens with one attached hydrogen (secondary N) is 1. The third-order valence-corrected chi connectivity index (χ3v) is 3.92. The van der Waals surface area contributed by atoms with Crippen molar-refractivity contribution < 1.29 is 10.0 Å². The van der Waals surface area contributed by atoms with Gasteiger partial charge < -0.3 is 4.57 Å². The van der Waals surface area contributed by atoms with Crippen LogP contribution < -0.4 is 5.48 Å². The molecule has 0 saturated carbocycles. The van der Waals surface area contributed by atoms with Crippen LogP contribution in [0.3, 0.4) is 0 Å². The van der Waals surface area contributed by atoms with Crippen LogP contribution in [0.2, 0.25) is 0 Å². The Hall–Kier alpha value is -3.18. The summed E-state index contributed by atoms with van der Waals surface area (Å²) in [7, 11) is 0. The van der Waals surface area contributed by atoms with Gasteiger partial charge in [0, 0.05) is 24.4 Å². The first-order valence-electron chi connectivity index (χ1n) is 7.96. The molecule has 1 aromatic heterocycles. The SMILES string of the molecule is Cc1nc(-c2ccccc2)cn1Cc1ccc(C=CC(=O)NO)cc1. The Bertz CT molecular complexity index is 881. The zero-order valence-corrected chi connectivity index (χ0v) is 13.9. The first-order valence-corrected chi connectivity index (χ1v) is 7.96. The largest absolute Gasteiger partial charge is 0.330 e. The van der Waals surface area contributed by atoms with E-state index in [2.05, 4.69) is 27.9 Å². The molecule has 0 spiro atoms. The van der Waals surface area contributed by atoms with Crippen LogP contribution in [-0.4, -0.2) is 20.7 Å². The van der Waals surface area contributed by atoms with Gasteiger partial charge in [0.1, 0.15) is 5.82 Å². The first-order chi connectivity index (χ1) is 12.2. The van der Waals surface area contributed by atoms with E-state index in [9.17, 15) is 4.79 Å². The highest BCUT2D eigenvalue weighted by atomic mass is 16.5. The van der Waals surface area contributed by atoms with E-state index < -0.39 is 5.91 Å². The van der Waals surface area contributed by atoms with Gasteiger partial charge in [-0.3, -0.25) is 10.0 Å². The Morgan fingerprint density at radius 3 is 2.56 bits per heavy atom. The molecule has 1 heterocycles. The second-order valence-electron chi connectivity index (χ2n) is 5.72. The highest BCUT2D eigenvalue weighted by Crippen LogP contribution is 2.19. The topological polar surface area (TPSA) is 67.2 Å². The molecule has 0 fully saturated rings. The lowest BCUT2D eigenvalue weighted by Crippen LogP contribution is -2.14. The van der Waals surface area contributed by atoms with Gasteiger partial charge in [0.2, 0.25) is 0 Å². The van der Waals surface area contributed by atoms with Crippen molar-refractivity contribution in [3.8, 4) is 11.3 Å². The maximum absolute atomic E-state index is 11.0. The third kappa shape index (κ3) is 4.22. The highest BCUT2D eigenvalue weighted by molar-refractivity contribution is 5.90. The van der Waals surface area contributed by atoms with Crippen LogP contribution in [0.1, 0.15) is 17.0 Å². The summed E-state index contributed by atoms with van der Waals surface area (Å²) in [6.07, 6.45) is 4.98. The molecule has 3 aromatic rings. The maximum Gasteiger partial charge on any atom is 0.267 e. The molecule has 2 aromatic carbocycles. The molecule has 25 heavy (non-hydrogen) atoms. The molecule has 0 aliphatic heterocycles. The summed E-state index contributed by atoms with van der Waals surface area (Å²) < 4.78 is 2.12. The summed E-state index contributed by atoms with van der Waals surface area (Å²) in [6, 6.07) is 18.0. The van der Waals surface area contributed by atoms with Crippen molar-refractivity contribution in [1.29, 1.82) is 0 Å². The van der Waals surface area contributed by atoms with E-state index in [0.717, 1.165) is 34.8 Å². The lowest BCUT2D eigenvalue weighted by molar-refractivity contribution is -0.124. The molecule has 0 atom stereocenters.